The van der Waals surface area contributed by atoms with Crippen molar-refractivity contribution in [1.82, 2.24) is 29.6 Å². The Bertz CT molecular complexity index is 1940. The first-order valence-electron chi connectivity index (χ1n) is 15.6. The number of aromatic nitrogens is 5. The first-order chi connectivity index (χ1) is 22.8. The molecule has 2 aliphatic rings. The molecule has 0 bridgehead atoms. The van der Waals surface area contributed by atoms with Gasteiger partial charge in [0.25, 0.3) is 0 Å². The van der Waals surface area contributed by atoms with Crippen LogP contribution in [-0.4, -0.2) is 61.8 Å². The van der Waals surface area contributed by atoms with Crippen molar-refractivity contribution >= 4 is 34.0 Å². The van der Waals surface area contributed by atoms with Crippen molar-refractivity contribution in [2.24, 2.45) is 5.41 Å². The summed E-state index contributed by atoms with van der Waals surface area (Å²) >= 11 is 0. The smallest absolute Gasteiger partial charge is 0.245 e. The highest BCUT2D eigenvalue weighted by Crippen LogP contribution is 2.45. The molecule has 4 heterocycles. The molecule has 0 radical (unpaired) electrons. The molecule has 1 saturated heterocycles. The first-order valence-corrected chi connectivity index (χ1v) is 15.6. The number of anilines is 3. The number of carbonyl (C=O) groups excluding carboxylic acids is 1. The topological polar surface area (TPSA) is 119 Å². The van der Waals surface area contributed by atoms with Crippen LogP contribution >= 0.6 is 0 Å². The van der Waals surface area contributed by atoms with E-state index in [4.69, 9.17) is 9.47 Å². The van der Waals surface area contributed by atoms with Crippen molar-refractivity contribution in [2.45, 2.75) is 38.6 Å². The highest BCUT2D eigenvalue weighted by molar-refractivity contribution is 5.95. The van der Waals surface area contributed by atoms with Gasteiger partial charge >= 0.3 is 0 Å². The van der Waals surface area contributed by atoms with Crippen molar-refractivity contribution < 1.29 is 18.7 Å². The molecule has 47 heavy (non-hydrogen) atoms. The number of amides is 1. The Hall–Kier alpha value is -5.52. The Morgan fingerprint density at radius 2 is 1.89 bits per heavy atom. The number of ether oxygens (including phenoxy) is 2. The van der Waals surface area contributed by atoms with Crippen LogP contribution in [0.5, 0.6) is 17.4 Å². The minimum absolute atomic E-state index is 0.00720. The second-order valence-electron chi connectivity index (χ2n) is 12.2. The molecule has 1 amide bonds. The van der Waals surface area contributed by atoms with E-state index in [2.05, 4.69) is 37.3 Å². The van der Waals surface area contributed by atoms with Gasteiger partial charge in [-0.05, 0) is 69.0 Å². The van der Waals surface area contributed by atoms with Crippen molar-refractivity contribution in [3.05, 3.63) is 91.4 Å². The fraction of sp³-hybridized carbons (Fsp3) is 0.286. The molecule has 7 rings (SSSR count). The first kappa shape index (κ1) is 30.2. The van der Waals surface area contributed by atoms with Gasteiger partial charge in [0.05, 0.1) is 35.9 Å². The summed E-state index contributed by atoms with van der Waals surface area (Å²) in [4.78, 5) is 27.0. The predicted molar refractivity (Wildman–Crippen MR) is 177 cm³/mol. The zero-order chi connectivity index (χ0) is 32.5. The Balaban J connectivity index is 1.04. The third kappa shape index (κ3) is 6.18. The number of nitrogens with one attached hydrogen (secondary N) is 2. The summed E-state index contributed by atoms with van der Waals surface area (Å²) in [7, 11) is 1.63. The van der Waals surface area contributed by atoms with Gasteiger partial charge in [0, 0.05) is 60.0 Å². The van der Waals surface area contributed by atoms with E-state index in [1.165, 1.54) is 18.5 Å². The number of hydrogen-bond donors (Lipinski definition) is 2. The number of pyridine rings is 1. The molecule has 0 atom stereocenters. The number of nitrogens with zero attached hydrogens (tertiary/aromatic N) is 6. The molecule has 5 aromatic rings. The maximum atomic E-state index is 15.4. The van der Waals surface area contributed by atoms with E-state index in [-0.39, 0.29) is 23.1 Å². The maximum absolute atomic E-state index is 15.4. The van der Waals surface area contributed by atoms with Gasteiger partial charge in [-0.2, -0.15) is 0 Å². The van der Waals surface area contributed by atoms with Crippen LogP contribution < -0.4 is 20.1 Å². The van der Waals surface area contributed by atoms with Crippen LogP contribution in [0.25, 0.3) is 16.6 Å². The van der Waals surface area contributed by atoms with E-state index in [0.717, 1.165) is 61.2 Å². The Morgan fingerprint density at radius 3 is 2.62 bits per heavy atom. The van der Waals surface area contributed by atoms with Crippen molar-refractivity contribution in [1.29, 1.82) is 0 Å². The van der Waals surface area contributed by atoms with Crippen molar-refractivity contribution in [3.8, 4) is 23.1 Å². The van der Waals surface area contributed by atoms with Crippen LogP contribution in [-0.2, 0) is 4.79 Å². The van der Waals surface area contributed by atoms with E-state index in [9.17, 15) is 4.79 Å². The number of rotatable bonds is 9. The lowest BCUT2D eigenvalue weighted by atomic mass is 9.67. The number of methoxy groups -OCH3 is 1. The average Bonchev–Trinajstić information content (AvgIpc) is 3.53. The molecule has 2 fully saturated rings. The van der Waals surface area contributed by atoms with Gasteiger partial charge in [0.15, 0.2) is 0 Å². The van der Waals surface area contributed by atoms with E-state index < -0.39 is 5.82 Å². The Labute approximate surface area is 271 Å². The molecule has 3 aromatic heterocycles. The molecule has 0 unspecified atom stereocenters. The monoisotopic (exact) mass is 634 g/mol. The molecule has 1 saturated carbocycles. The number of likely N-dealkylation sites (tertiary alicyclic amines) is 1. The van der Waals surface area contributed by atoms with Crippen LogP contribution in [0.1, 0.15) is 31.4 Å². The SMILES string of the molecule is C=CC(=O)N1CC2(CCC(Nc3cc4c(Nc5ccc(Oc6ccn(-c7ccc(C)nc7)n6)cc5F)ncnc4cc3OC)CC2)C1. The van der Waals surface area contributed by atoms with Gasteiger partial charge in [-0.1, -0.05) is 6.58 Å². The highest BCUT2D eigenvalue weighted by Gasteiger charge is 2.46. The fourth-order valence-electron chi connectivity index (χ4n) is 6.43. The summed E-state index contributed by atoms with van der Waals surface area (Å²) in [6, 6.07) is 14.1. The lowest BCUT2D eigenvalue weighted by Crippen LogP contribution is -2.59. The third-order valence-electron chi connectivity index (χ3n) is 9.04. The quantitative estimate of drug-likeness (QED) is 0.174. The number of benzene rings is 2. The minimum Gasteiger partial charge on any atom is -0.495 e. The van der Waals surface area contributed by atoms with Crippen LogP contribution in [0.3, 0.4) is 0 Å². The zero-order valence-electron chi connectivity index (χ0n) is 26.2. The number of fused-ring (bicyclic) bond motifs is 1. The molecular formula is C35H35FN8O3. The summed E-state index contributed by atoms with van der Waals surface area (Å²) in [5, 5.41) is 11.9. The van der Waals surface area contributed by atoms with Crippen molar-refractivity contribution in [3.63, 3.8) is 0 Å². The zero-order valence-corrected chi connectivity index (χ0v) is 26.2. The van der Waals surface area contributed by atoms with Crippen LogP contribution in [0.15, 0.2) is 79.9 Å². The standard InChI is InChI=1S/C35H35FN8O3/c1-4-33(45)43-19-35(20-43)12-9-23(10-13-35)40-30-16-26-29(17-31(30)46-3)38-21-39-34(26)41-28-8-7-25(15-27(28)36)47-32-11-14-44(42-32)24-6-5-22(2)37-18-24/h4-8,11,14-18,21,23,40H,1,9-10,12-13,19-20H2,2-3H3,(H,38,39,41). The molecule has 12 heteroatoms. The third-order valence-corrected chi connectivity index (χ3v) is 9.04. The summed E-state index contributed by atoms with van der Waals surface area (Å²) in [6.45, 7) is 7.12. The van der Waals surface area contributed by atoms with Gasteiger partial charge in [-0.25, -0.2) is 19.0 Å². The Kier molecular flexibility index (Phi) is 7.92. The van der Waals surface area contributed by atoms with Crippen LogP contribution in [0.2, 0.25) is 0 Å². The lowest BCUT2D eigenvalue weighted by Gasteiger charge is -2.53. The minimum atomic E-state index is -0.510. The van der Waals surface area contributed by atoms with Crippen LogP contribution in [0.4, 0.5) is 21.6 Å². The lowest BCUT2D eigenvalue weighted by molar-refractivity contribution is -0.140. The van der Waals surface area contributed by atoms with E-state index in [1.54, 1.807) is 42.4 Å². The largest absolute Gasteiger partial charge is 0.495 e. The summed E-state index contributed by atoms with van der Waals surface area (Å²) in [6.07, 6.45) is 10.4. The van der Waals surface area contributed by atoms with E-state index >= 15 is 4.39 Å². The summed E-state index contributed by atoms with van der Waals surface area (Å²) < 4.78 is 28.5. The number of halogens is 1. The predicted octanol–water partition coefficient (Wildman–Crippen LogP) is 6.57. The van der Waals surface area contributed by atoms with Gasteiger partial charge in [-0.15, -0.1) is 5.10 Å². The van der Waals surface area contributed by atoms with E-state index in [1.807, 2.05) is 36.1 Å². The van der Waals surface area contributed by atoms with E-state index in [0.29, 0.717) is 28.7 Å². The molecule has 1 aliphatic carbocycles. The maximum Gasteiger partial charge on any atom is 0.245 e. The Morgan fingerprint density at radius 1 is 1.06 bits per heavy atom. The molecule has 2 aromatic carbocycles. The molecule has 1 aliphatic heterocycles. The molecule has 2 N–H and O–H groups in total. The molecule has 1 spiro atoms. The second kappa shape index (κ2) is 12.3. The average molecular weight is 635 g/mol. The number of carbonyl (C=O) groups is 1. The normalized spacial score (nSPS) is 15.7. The number of hydrogen-bond acceptors (Lipinski definition) is 9. The van der Waals surface area contributed by atoms with Gasteiger partial charge in [-0.3, -0.25) is 9.78 Å². The summed E-state index contributed by atoms with van der Waals surface area (Å²) in [5.41, 5.74) is 3.63. The molecular weight excluding hydrogens is 599 g/mol. The van der Waals surface area contributed by atoms with Gasteiger partial charge in [0.1, 0.15) is 29.5 Å². The second-order valence-corrected chi connectivity index (χ2v) is 12.2. The van der Waals surface area contributed by atoms with Crippen LogP contribution in [0, 0.1) is 18.2 Å². The van der Waals surface area contributed by atoms with Crippen molar-refractivity contribution in [2.75, 3.05) is 30.8 Å². The highest BCUT2D eigenvalue weighted by atomic mass is 19.1. The van der Waals surface area contributed by atoms with Gasteiger partial charge in [0.2, 0.25) is 11.8 Å². The molecule has 240 valence electrons. The fourth-order valence-corrected chi connectivity index (χ4v) is 6.43. The van der Waals surface area contributed by atoms with Gasteiger partial charge < -0.3 is 25.0 Å². The summed E-state index contributed by atoms with van der Waals surface area (Å²) in [5.74, 6) is 1.26. The number of aryl methyl sites for hydroxylation is 1. The molecule has 11 nitrogen and oxygen atoms in total.